The topological polar surface area (TPSA) is 9.23 Å². The smallest absolute Gasteiger partial charge is 0.296 e. The lowest BCUT2D eigenvalue weighted by atomic mass is 10.0. The van der Waals surface area contributed by atoms with Gasteiger partial charge in [-0.3, -0.25) is 0 Å². The van der Waals surface area contributed by atoms with Gasteiger partial charge in [0.2, 0.25) is 0 Å². The van der Waals surface area contributed by atoms with E-state index < -0.39 is 7.63 Å². The molecule has 0 saturated heterocycles. The van der Waals surface area contributed by atoms with Crippen molar-refractivity contribution < 1.29 is 4.43 Å². The predicted octanol–water partition coefficient (Wildman–Crippen LogP) is 3.46. The fraction of sp³-hybridized carbons (Fsp3) is 0.455. The third-order valence-electron chi connectivity index (χ3n) is 3.00. The quantitative estimate of drug-likeness (QED) is 0.569. The van der Waals surface area contributed by atoms with Crippen LogP contribution in [0.2, 0.25) is 6.55 Å². The van der Waals surface area contributed by atoms with E-state index in [9.17, 15) is 0 Å². The summed E-state index contributed by atoms with van der Waals surface area (Å²) in [7, 11) is -0.475. The molecule has 0 aliphatic rings. The van der Waals surface area contributed by atoms with Gasteiger partial charge in [-0.1, -0.05) is 44.2 Å². The molecule has 1 unspecified atom stereocenters. The highest BCUT2D eigenvalue weighted by Crippen LogP contribution is 2.36. The van der Waals surface area contributed by atoms with Gasteiger partial charge < -0.3 is 4.43 Å². The van der Waals surface area contributed by atoms with Crippen LogP contribution in [0, 0.1) is 0 Å². The van der Waals surface area contributed by atoms with Gasteiger partial charge in [0.15, 0.2) is 0 Å². The maximum atomic E-state index is 6.46. The Bertz CT molecular complexity index is 295. The first-order chi connectivity index (χ1) is 6.42. The lowest BCUT2D eigenvalue weighted by Crippen LogP contribution is -2.47. The Balaban J connectivity index is 3.08. The number of hydrogen-bond acceptors (Lipinski definition) is 1. The molecule has 0 aliphatic heterocycles. The van der Waals surface area contributed by atoms with Crippen molar-refractivity contribution in [2.45, 2.75) is 25.4 Å². The summed E-state index contributed by atoms with van der Waals surface area (Å²) in [5.74, 6) is 0. The van der Waals surface area contributed by atoms with Gasteiger partial charge in [0.1, 0.15) is 0 Å². The molecule has 1 atom stereocenters. The van der Waals surface area contributed by atoms with Crippen LogP contribution in [-0.4, -0.2) is 14.7 Å². The monoisotopic (exact) mass is 228 g/mol. The average molecular weight is 229 g/mol. The van der Waals surface area contributed by atoms with Crippen LogP contribution in [0.25, 0.3) is 0 Å². The Morgan fingerprint density at radius 2 is 1.71 bits per heavy atom. The molecule has 0 radical (unpaired) electrons. The fourth-order valence-corrected chi connectivity index (χ4v) is 2.89. The van der Waals surface area contributed by atoms with Gasteiger partial charge in [-0.15, -0.1) is 11.1 Å². The van der Waals surface area contributed by atoms with Gasteiger partial charge in [0.25, 0.3) is 7.63 Å². The molecule has 1 aromatic carbocycles. The zero-order chi connectivity index (χ0) is 10.8. The van der Waals surface area contributed by atoms with Gasteiger partial charge in [0, 0.05) is 12.1 Å². The van der Waals surface area contributed by atoms with E-state index in [0.717, 1.165) is 0 Å². The van der Waals surface area contributed by atoms with E-state index in [0.29, 0.717) is 0 Å². The van der Waals surface area contributed by atoms with Crippen LogP contribution in [0.3, 0.4) is 0 Å². The summed E-state index contributed by atoms with van der Waals surface area (Å²) in [4.78, 5) is 0. The summed E-state index contributed by atoms with van der Waals surface area (Å²) in [5, 5.41) is -0.0788. The van der Waals surface area contributed by atoms with Crippen LogP contribution in [0.4, 0.5) is 0 Å². The molecule has 0 fully saturated rings. The predicted molar refractivity (Wildman–Crippen MR) is 63.9 cm³/mol. The van der Waals surface area contributed by atoms with Crippen molar-refractivity contribution in [1.82, 2.24) is 0 Å². The molecule has 0 aliphatic carbocycles. The Morgan fingerprint density at radius 3 is 2.14 bits per heavy atom. The van der Waals surface area contributed by atoms with Crippen LogP contribution in [-0.2, 0) is 9.46 Å². The molecule has 0 heterocycles. The SMILES string of the molecule is CO[Si](C)(Cl)C(C)(C)c1ccccc1. The standard InChI is InChI=1S/C11H17ClOSi/c1-11(2,14(4,12)13-3)10-8-6-5-7-9-10/h5-9H,1-4H3. The zero-order valence-electron chi connectivity index (χ0n) is 9.17. The molecule has 78 valence electrons. The zero-order valence-corrected chi connectivity index (χ0v) is 10.9. The van der Waals surface area contributed by atoms with E-state index in [-0.39, 0.29) is 5.04 Å². The summed E-state index contributed by atoms with van der Waals surface area (Å²) >= 11 is 6.46. The summed E-state index contributed by atoms with van der Waals surface area (Å²) in [6, 6.07) is 10.3. The second-order valence-electron chi connectivity index (χ2n) is 4.11. The van der Waals surface area contributed by atoms with E-state index in [4.69, 9.17) is 15.5 Å². The first-order valence-electron chi connectivity index (χ1n) is 4.71. The van der Waals surface area contributed by atoms with Crippen LogP contribution in [0.15, 0.2) is 30.3 Å². The van der Waals surface area contributed by atoms with Crippen molar-refractivity contribution in [3.8, 4) is 0 Å². The molecule has 1 nitrogen and oxygen atoms in total. The minimum atomic E-state index is -2.17. The second kappa shape index (κ2) is 4.05. The van der Waals surface area contributed by atoms with Gasteiger partial charge in [-0.2, -0.15) is 0 Å². The summed E-state index contributed by atoms with van der Waals surface area (Å²) in [6.07, 6.45) is 0. The first-order valence-corrected chi connectivity index (χ1v) is 8.13. The highest BCUT2D eigenvalue weighted by atomic mass is 35.6. The third kappa shape index (κ3) is 2.02. The van der Waals surface area contributed by atoms with Crippen molar-refractivity contribution in [2.75, 3.05) is 7.11 Å². The Kier molecular flexibility index (Phi) is 3.40. The molecule has 0 aromatic heterocycles. The summed E-state index contributed by atoms with van der Waals surface area (Å²) < 4.78 is 5.46. The Hall–Kier alpha value is -0.313. The van der Waals surface area contributed by atoms with Crippen molar-refractivity contribution in [3.05, 3.63) is 35.9 Å². The second-order valence-corrected chi connectivity index (χ2v) is 9.77. The highest BCUT2D eigenvalue weighted by Gasteiger charge is 2.44. The Morgan fingerprint density at radius 1 is 1.21 bits per heavy atom. The van der Waals surface area contributed by atoms with Gasteiger partial charge in [0.05, 0.1) is 0 Å². The molecule has 0 N–H and O–H groups in total. The molecule has 3 heteroatoms. The summed E-state index contributed by atoms with van der Waals surface area (Å²) in [6.45, 7) is 6.32. The van der Waals surface area contributed by atoms with E-state index in [2.05, 4.69) is 26.0 Å². The van der Waals surface area contributed by atoms with Crippen molar-refractivity contribution in [3.63, 3.8) is 0 Å². The van der Waals surface area contributed by atoms with Crippen molar-refractivity contribution in [2.24, 2.45) is 0 Å². The van der Waals surface area contributed by atoms with Crippen LogP contribution >= 0.6 is 11.1 Å². The van der Waals surface area contributed by atoms with Gasteiger partial charge in [-0.05, 0) is 12.1 Å². The Labute approximate surface area is 91.9 Å². The third-order valence-corrected chi connectivity index (χ3v) is 8.16. The molecule has 14 heavy (non-hydrogen) atoms. The molecule has 0 spiro atoms. The highest BCUT2D eigenvalue weighted by molar-refractivity contribution is 7.17. The molecule has 0 amide bonds. The minimum Gasteiger partial charge on any atom is -0.406 e. The summed E-state index contributed by atoms with van der Waals surface area (Å²) in [5.41, 5.74) is 1.24. The number of hydrogen-bond donors (Lipinski definition) is 0. The first kappa shape index (κ1) is 11.8. The molecule has 1 rings (SSSR count). The van der Waals surface area contributed by atoms with Crippen molar-refractivity contribution >= 4 is 18.7 Å². The molecular formula is C11H17ClOSi. The van der Waals surface area contributed by atoms with Gasteiger partial charge in [-0.25, -0.2) is 0 Å². The molecular weight excluding hydrogens is 212 g/mol. The molecule has 0 bridgehead atoms. The lowest BCUT2D eigenvalue weighted by Gasteiger charge is -2.36. The maximum absolute atomic E-state index is 6.46. The number of rotatable bonds is 3. The number of halogens is 1. The van der Waals surface area contributed by atoms with Crippen LogP contribution in [0.5, 0.6) is 0 Å². The lowest BCUT2D eigenvalue weighted by molar-refractivity contribution is 0.385. The molecule has 1 aromatic rings. The maximum Gasteiger partial charge on any atom is 0.296 e. The van der Waals surface area contributed by atoms with Gasteiger partial charge >= 0.3 is 0 Å². The van der Waals surface area contributed by atoms with Crippen LogP contribution in [0.1, 0.15) is 19.4 Å². The van der Waals surface area contributed by atoms with E-state index in [1.807, 2.05) is 24.7 Å². The largest absolute Gasteiger partial charge is 0.406 e. The minimum absolute atomic E-state index is 0.0788. The van der Waals surface area contributed by atoms with E-state index >= 15 is 0 Å². The number of benzene rings is 1. The fourth-order valence-electron chi connectivity index (χ4n) is 1.37. The average Bonchev–Trinajstić information content (AvgIpc) is 2.19. The van der Waals surface area contributed by atoms with E-state index in [1.54, 1.807) is 7.11 Å². The van der Waals surface area contributed by atoms with E-state index in [1.165, 1.54) is 5.56 Å². The normalized spacial score (nSPS) is 16.4. The van der Waals surface area contributed by atoms with Crippen molar-refractivity contribution in [1.29, 1.82) is 0 Å². The molecule has 0 saturated carbocycles. The van der Waals surface area contributed by atoms with Crippen LogP contribution < -0.4 is 0 Å².